The Kier molecular flexibility index (Phi) is 2.83. The zero-order valence-electron chi connectivity index (χ0n) is 6.14. The van der Waals surface area contributed by atoms with Gasteiger partial charge in [-0.05, 0) is 23.5 Å². The van der Waals surface area contributed by atoms with Crippen molar-refractivity contribution in [2.45, 2.75) is 6.92 Å². The third kappa shape index (κ3) is 1.90. The monoisotopic (exact) mass is 214 g/mol. The van der Waals surface area contributed by atoms with Crippen molar-refractivity contribution >= 4 is 22.0 Å². The van der Waals surface area contributed by atoms with Crippen LogP contribution >= 0.6 is 15.9 Å². The fourth-order valence-electron chi connectivity index (χ4n) is 0.867. The fourth-order valence-corrected chi connectivity index (χ4v) is 1.15. The molecule has 0 bridgehead atoms. The van der Waals surface area contributed by atoms with Crippen LogP contribution in [0.25, 0.3) is 6.08 Å². The lowest BCUT2D eigenvalue weighted by atomic mass is 10.1. The molecule has 2 heteroatoms. The lowest BCUT2D eigenvalue weighted by Gasteiger charge is -1.98. The number of hydrogen-bond acceptors (Lipinski definition) is 0. The van der Waals surface area contributed by atoms with E-state index in [1.54, 1.807) is 30.1 Å². The van der Waals surface area contributed by atoms with Gasteiger partial charge in [0.1, 0.15) is 5.82 Å². The van der Waals surface area contributed by atoms with Gasteiger partial charge in [0.25, 0.3) is 0 Å². The molecular formula is C9H8BrF. The predicted molar refractivity (Wildman–Crippen MR) is 49.1 cm³/mol. The first kappa shape index (κ1) is 8.47. The number of hydrogen-bond donors (Lipinski definition) is 0. The Balaban J connectivity index is 3.16. The van der Waals surface area contributed by atoms with Gasteiger partial charge in [0.15, 0.2) is 0 Å². The van der Waals surface area contributed by atoms with Crippen LogP contribution in [0.4, 0.5) is 4.39 Å². The molecule has 0 saturated heterocycles. The molecule has 0 saturated carbocycles. The van der Waals surface area contributed by atoms with E-state index in [4.69, 9.17) is 0 Å². The van der Waals surface area contributed by atoms with E-state index in [0.29, 0.717) is 11.1 Å². The molecule has 0 unspecified atom stereocenters. The maximum absolute atomic E-state index is 13.1. The van der Waals surface area contributed by atoms with Gasteiger partial charge in [-0.2, -0.15) is 0 Å². The van der Waals surface area contributed by atoms with Crippen LogP contribution in [-0.4, -0.2) is 0 Å². The molecule has 0 aliphatic heterocycles. The molecule has 0 N–H and O–H groups in total. The molecule has 0 aromatic heterocycles. The van der Waals surface area contributed by atoms with Crippen molar-refractivity contribution in [3.8, 4) is 0 Å². The Bertz CT molecular complexity index is 279. The summed E-state index contributed by atoms with van der Waals surface area (Å²) in [5.74, 6) is -0.150. The summed E-state index contributed by atoms with van der Waals surface area (Å²) in [6.07, 6.45) is 1.68. The fraction of sp³-hybridized carbons (Fsp3) is 0.111. The normalized spacial score (nSPS) is 10.8. The van der Waals surface area contributed by atoms with E-state index in [1.807, 2.05) is 6.07 Å². The smallest absolute Gasteiger partial charge is 0.133 e. The van der Waals surface area contributed by atoms with Crippen molar-refractivity contribution in [3.63, 3.8) is 0 Å². The summed E-state index contributed by atoms with van der Waals surface area (Å²) in [5.41, 5.74) is 1.29. The van der Waals surface area contributed by atoms with Crippen molar-refractivity contribution in [2.75, 3.05) is 0 Å². The Morgan fingerprint density at radius 1 is 1.45 bits per heavy atom. The third-order valence-corrected chi connectivity index (χ3v) is 1.73. The second-order valence-corrected chi connectivity index (χ2v) is 2.80. The molecule has 0 fully saturated rings. The molecule has 0 aliphatic carbocycles. The van der Waals surface area contributed by atoms with E-state index < -0.39 is 0 Å². The van der Waals surface area contributed by atoms with E-state index in [0.717, 1.165) is 0 Å². The molecule has 1 aromatic carbocycles. The maximum atomic E-state index is 13.1. The first-order valence-electron chi connectivity index (χ1n) is 3.27. The Morgan fingerprint density at radius 3 is 2.82 bits per heavy atom. The summed E-state index contributed by atoms with van der Waals surface area (Å²) in [7, 11) is 0. The zero-order valence-corrected chi connectivity index (χ0v) is 7.73. The minimum absolute atomic E-state index is 0.150. The van der Waals surface area contributed by atoms with E-state index in [2.05, 4.69) is 15.9 Å². The molecule has 0 spiro atoms. The molecule has 11 heavy (non-hydrogen) atoms. The third-order valence-electron chi connectivity index (χ3n) is 1.46. The van der Waals surface area contributed by atoms with E-state index >= 15 is 0 Å². The molecule has 1 aromatic rings. The maximum Gasteiger partial charge on any atom is 0.133 e. The van der Waals surface area contributed by atoms with Crippen LogP contribution in [0.2, 0.25) is 0 Å². The van der Waals surface area contributed by atoms with Crippen molar-refractivity contribution in [1.29, 1.82) is 0 Å². The SMILES string of the molecule is Cc1cccc(/C=C/Br)c1F. The summed E-state index contributed by atoms with van der Waals surface area (Å²) in [6.45, 7) is 1.75. The van der Waals surface area contributed by atoms with Crippen LogP contribution in [0.1, 0.15) is 11.1 Å². The van der Waals surface area contributed by atoms with Gasteiger partial charge in [0.2, 0.25) is 0 Å². The molecule has 0 heterocycles. The van der Waals surface area contributed by atoms with Crippen molar-refractivity contribution in [1.82, 2.24) is 0 Å². The second kappa shape index (κ2) is 3.67. The lowest BCUT2D eigenvalue weighted by Crippen LogP contribution is -1.85. The van der Waals surface area contributed by atoms with Gasteiger partial charge in [0.05, 0.1) is 0 Å². The highest BCUT2D eigenvalue weighted by Crippen LogP contribution is 2.13. The highest BCUT2D eigenvalue weighted by molar-refractivity contribution is 9.11. The standard InChI is InChI=1S/C9H8BrF/c1-7-3-2-4-8(5-6-10)9(7)11/h2-6H,1H3/b6-5+. The Morgan fingerprint density at radius 2 is 2.18 bits per heavy atom. The first-order valence-corrected chi connectivity index (χ1v) is 4.19. The highest BCUT2D eigenvalue weighted by Gasteiger charge is 1.99. The predicted octanol–water partition coefficient (Wildman–Crippen LogP) is 3.50. The molecular weight excluding hydrogens is 207 g/mol. The average molecular weight is 215 g/mol. The van der Waals surface area contributed by atoms with Crippen LogP contribution in [0.3, 0.4) is 0 Å². The quantitative estimate of drug-likeness (QED) is 0.672. The number of halogens is 2. The van der Waals surface area contributed by atoms with Gasteiger partial charge < -0.3 is 0 Å². The summed E-state index contributed by atoms with van der Waals surface area (Å²) >= 11 is 3.10. The van der Waals surface area contributed by atoms with Crippen molar-refractivity contribution < 1.29 is 4.39 Å². The topological polar surface area (TPSA) is 0 Å². The van der Waals surface area contributed by atoms with Crippen LogP contribution in [-0.2, 0) is 0 Å². The highest BCUT2D eigenvalue weighted by atomic mass is 79.9. The lowest BCUT2D eigenvalue weighted by molar-refractivity contribution is 0.616. The Labute approximate surface area is 73.9 Å². The molecule has 0 atom stereocenters. The van der Waals surface area contributed by atoms with Gasteiger partial charge in [-0.15, -0.1) is 0 Å². The average Bonchev–Trinajstić information content (AvgIpc) is 1.99. The summed E-state index contributed by atoms with van der Waals surface area (Å²) < 4.78 is 13.1. The summed E-state index contributed by atoms with van der Waals surface area (Å²) in [4.78, 5) is 1.64. The van der Waals surface area contributed by atoms with Gasteiger partial charge in [-0.25, -0.2) is 4.39 Å². The molecule has 0 nitrogen and oxygen atoms in total. The van der Waals surface area contributed by atoms with Crippen LogP contribution in [0, 0.1) is 12.7 Å². The van der Waals surface area contributed by atoms with Gasteiger partial charge >= 0.3 is 0 Å². The largest absolute Gasteiger partial charge is 0.206 e. The molecule has 0 aliphatic rings. The van der Waals surface area contributed by atoms with Gasteiger partial charge in [-0.3, -0.25) is 0 Å². The zero-order chi connectivity index (χ0) is 8.27. The molecule has 0 radical (unpaired) electrons. The van der Waals surface area contributed by atoms with Crippen molar-refractivity contribution in [2.24, 2.45) is 0 Å². The minimum atomic E-state index is -0.150. The minimum Gasteiger partial charge on any atom is -0.206 e. The van der Waals surface area contributed by atoms with E-state index in [-0.39, 0.29) is 5.82 Å². The van der Waals surface area contributed by atoms with Crippen LogP contribution < -0.4 is 0 Å². The molecule has 58 valence electrons. The second-order valence-electron chi connectivity index (χ2n) is 2.27. The number of benzene rings is 1. The molecule has 0 amide bonds. The summed E-state index contributed by atoms with van der Waals surface area (Å²) in [6, 6.07) is 5.32. The first-order chi connectivity index (χ1) is 5.25. The van der Waals surface area contributed by atoms with Crippen LogP contribution in [0.5, 0.6) is 0 Å². The van der Waals surface area contributed by atoms with E-state index in [1.165, 1.54) is 0 Å². The Hall–Kier alpha value is -0.630. The van der Waals surface area contributed by atoms with Gasteiger partial charge in [0, 0.05) is 5.56 Å². The van der Waals surface area contributed by atoms with Crippen LogP contribution in [0.15, 0.2) is 23.2 Å². The number of rotatable bonds is 1. The van der Waals surface area contributed by atoms with Gasteiger partial charge in [-0.1, -0.05) is 34.1 Å². The molecule has 1 rings (SSSR count). The van der Waals surface area contributed by atoms with Crippen molar-refractivity contribution in [3.05, 3.63) is 40.1 Å². The summed E-state index contributed by atoms with van der Waals surface area (Å²) in [5, 5.41) is 0. The van der Waals surface area contributed by atoms with E-state index in [9.17, 15) is 4.39 Å². The number of aryl methyl sites for hydroxylation is 1.